The third-order valence-corrected chi connectivity index (χ3v) is 5.56. The Morgan fingerprint density at radius 1 is 0.938 bits per heavy atom. The molecule has 1 aliphatic heterocycles. The number of rotatable bonds is 16. The summed E-state index contributed by atoms with van der Waals surface area (Å²) in [4.78, 5) is 29.1. The maximum atomic E-state index is 11.9. The average Bonchev–Trinajstić information content (AvgIpc) is 2.80. The van der Waals surface area contributed by atoms with Gasteiger partial charge in [-0.3, -0.25) is 19.9 Å². The Morgan fingerprint density at radius 3 is 2.22 bits per heavy atom. The first-order valence-corrected chi connectivity index (χ1v) is 11.6. The van der Waals surface area contributed by atoms with Crippen LogP contribution in [0.5, 0.6) is 5.75 Å². The minimum absolute atomic E-state index is 0.106. The second-order valence-corrected chi connectivity index (χ2v) is 8.03. The van der Waals surface area contributed by atoms with E-state index in [9.17, 15) is 24.9 Å². The summed E-state index contributed by atoms with van der Waals surface area (Å²) in [5, 5.41) is 29.7. The van der Waals surface area contributed by atoms with Crippen LogP contribution in [0, 0.1) is 0 Å². The molecule has 0 bridgehead atoms. The normalized spacial score (nSPS) is 25.8. The predicted octanol–water partition coefficient (Wildman–Crippen LogP) is 0.990. The summed E-state index contributed by atoms with van der Waals surface area (Å²) in [6.07, 6.45) is 2.76. The summed E-state index contributed by atoms with van der Waals surface area (Å²) >= 11 is 0. The van der Waals surface area contributed by atoms with E-state index in [1.54, 1.807) is 6.92 Å². The number of hydrogen-bond acceptors (Lipinski definition) is 10. The van der Waals surface area contributed by atoms with Crippen molar-refractivity contribution in [3.63, 3.8) is 0 Å². The van der Waals surface area contributed by atoms with Crippen molar-refractivity contribution in [3.05, 3.63) is 20.4 Å². The summed E-state index contributed by atoms with van der Waals surface area (Å²) in [6, 6.07) is 0. The van der Waals surface area contributed by atoms with E-state index in [1.807, 2.05) is 0 Å². The van der Waals surface area contributed by atoms with E-state index in [-0.39, 0.29) is 18.0 Å². The fourth-order valence-corrected chi connectivity index (χ4v) is 3.62. The van der Waals surface area contributed by atoms with Gasteiger partial charge < -0.3 is 29.5 Å². The van der Waals surface area contributed by atoms with Gasteiger partial charge in [0.25, 0.3) is 10.9 Å². The summed E-state index contributed by atoms with van der Waals surface area (Å²) in [5.74, 6) is -0.106. The van der Waals surface area contributed by atoms with E-state index in [1.165, 1.54) is 32.1 Å². The van der Waals surface area contributed by atoms with Crippen molar-refractivity contribution >= 4 is 5.69 Å². The minimum atomic E-state index is -1.46. The topological polar surface area (TPSA) is 144 Å². The lowest BCUT2D eigenvalue weighted by molar-refractivity contribution is -0.304. The van der Waals surface area contributed by atoms with Crippen LogP contribution in [-0.4, -0.2) is 65.8 Å². The van der Waals surface area contributed by atoms with Gasteiger partial charge in [-0.25, -0.2) is 0 Å². The van der Waals surface area contributed by atoms with E-state index in [0.29, 0.717) is 6.61 Å². The van der Waals surface area contributed by atoms with Gasteiger partial charge in [0.2, 0.25) is 5.75 Å². The zero-order valence-corrected chi connectivity index (χ0v) is 19.0. The first-order valence-electron chi connectivity index (χ1n) is 11.6. The zero-order chi connectivity index (χ0) is 23.5. The quantitative estimate of drug-likeness (QED) is 0.160. The Bertz CT molecular complexity index is 733. The fraction of sp³-hybridized carbons (Fsp3) is 0.818. The van der Waals surface area contributed by atoms with Crippen LogP contribution >= 0.6 is 0 Å². The van der Waals surface area contributed by atoms with Crippen molar-refractivity contribution in [2.24, 2.45) is 0 Å². The van der Waals surface area contributed by atoms with Gasteiger partial charge in [0, 0.05) is 6.61 Å². The number of hydrogen-bond donors (Lipinski definition) is 4. The van der Waals surface area contributed by atoms with Crippen molar-refractivity contribution < 1.29 is 34.4 Å². The number of aliphatic hydroxyl groups is 3. The van der Waals surface area contributed by atoms with Gasteiger partial charge in [-0.15, -0.1) is 0 Å². The maximum absolute atomic E-state index is 11.9. The molecule has 4 N–H and O–H groups in total. The average molecular weight is 460 g/mol. The molecule has 32 heavy (non-hydrogen) atoms. The van der Waals surface area contributed by atoms with Crippen LogP contribution in [-0.2, 0) is 14.3 Å². The monoisotopic (exact) mass is 459 g/mol. The lowest BCUT2D eigenvalue weighted by Crippen LogP contribution is -2.60. The van der Waals surface area contributed by atoms with Crippen molar-refractivity contribution in [3.8, 4) is 5.75 Å². The van der Waals surface area contributed by atoms with Crippen LogP contribution in [0.25, 0.3) is 0 Å². The first kappa shape index (κ1) is 26.7. The van der Waals surface area contributed by atoms with Gasteiger partial charge in [-0.1, -0.05) is 51.9 Å². The second-order valence-electron chi connectivity index (χ2n) is 8.03. The maximum Gasteiger partial charge on any atom is 0.272 e. The Morgan fingerprint density at radius 2 is 1.59 bits per heavy atom. The molecule has 0 aliphatic carbocycles. The highest BCUT2D eigenvalue weighted by molar-refractivity contribution is 5.60. The van der Waals surface area contributed by atoms with Crippen molar-refractivity contribution in [1.82, 2.24) is 0 Å². The number of nitrogens with one attached hydrogen (secondary N) is 1. The van der Waals surface area contributed by atoms with Crippen molar-refractivity contribution in [2.45, 2.75) is 95.9 Å². The smallest absolute Gasteiger partial charge is 0.272 e. The van der Waals surface area contributed by atoms with Gasteiger partial charge in [0.15, 0.2) is 18.1 Å². The number of unbranched alkanes of at least 4 members (excludes halogenated alkanes) is 7. The molecule has 1 aliphatic rings. The number of ether oxygens (including phenoxy) is 3. The Kier molecular flexibility index (Phi) is 11.6. The molecule has 1 fully saturated rings. The lowest BCUT2D eigenvalue weighted by Gasteiger charge is -2.41. The van der Waals surface area contributed by atoms with Crippen LogP contribution in [0.3, 0.4) is 0 Å². The third kappa shape index (κ3) is 6.97. The highest BCUT2D eigenvalue weighted by Crippen LogP contribution is 2.26. The third-order valence-electron chi connectivity index (χ3n) is 5.56. The molecular weight excluding hydrogens is 422 g/mol. The highest BCUT2D eigenvalue weighted by atomic mass is 16.7. The van der Waals surface area contributed by atoms with Gasteiger partial charge in [0.1, 0.15) is 18.3 Å². The van der Waals surface area contributed by atoms with Gasteiger partial charge in [-0.05, 0) is 13.3 Å². The van der Waals surface area contributed by atoms with E-state index < -0.39 is 48.2 Å². The molecule has 10 nitrogen and oxygen atoms in total. The molecule has 0 unspecified atom stereocenters. The fourth-order valence-electron chi connectivity index (χ4n) is 3.62. The standard InChI is InChI=1S/C22H37NO9/c1-3-5-6-7-8-9-10-11-12-30-20-15(17(26)19(20)28)23-32-21-18(27)16(25)14(13-24)31-22(21)29-4-2/h14,16,18,21-25,27H,3-13H2,1-2H3/t14-,16-,18+,21+,22+/m1/s1. The molecule has 1 heterocycles. The SMILES string of the molecule is CCCCCCCCCCOc1c(NO[C@@H]2[C@@H](OCC)O[C@H](CO)[C@@H](O)[C@@H]2O)c(=O)c1=O. The molecule has 0 saturated carbocycles. The lowest BCUT2D eigenvalue weighted by atomic mass is 9.99. The van der Waals surface area contributed by atoms with Crippen LogP contribution in [0.15, 0.2) is 9.59 Å². The van der Waals surface area contributed by atoms with Crippen LogP contribution in [0.1, 0.15) is 65.2 Å². The van der Waals surface area contributed by atoms with Crippen molar-refractivity contribution in [2.75, 3.05) is 25.3 Å². The summed E-state index contributed by atoms with van der Waals surface area (Å²) in [6.45, 7) is 3.90. The molecule has 1 aromatic carbocycles. The molecule has 1 aromatic rings. The molecule has 1 saturated heterocycles. The van der Waals surface area contributed by atoms with E-state index in [4.69, 9.17) is 19.0 Å². The van der Waals surface area contributed by atoms with Gasteiger partial charge in [0.05, 0.1) is 13.2 Å². The molecule has 5 atom stereocenters. The van der Waals surface area contributed by atoms with Crippen LogP contribution < -0.4 is 21.1 Å². The Balaban J connectivity index is 1.82. The molecule has 0 aromatic heterocycles. The molecule has 10 heteroatoms. The van der Waals surface area contributed by atoms with Crippen molar-refractivity contribution in [1.29, 1.82) is 0 Å². The Labute approximate surface area is 188 Å². The van der Waals surface area contributed by atoms with Gasteiger partial charge in [-0.2, -0.15) is 0 Å². The summed E-state index contributed by atoms with van der Waals surface area (Å²) in [5.41, 5.74) is 0.694. The number of anilines is 1. The Hall–Kier alpha value is -1.56. The zero-order valence-electron chi connectivity index (χ0n) is 19.0. The molecule has 0 spiro atoms. The van der Waals surface area contributed by atoms with Gasteiger partial charge >= 0.3 is 0 Å². The number of aliphatic hydroxyl groups excluding tert-OH is 3. The molecule has 0 amide bonds. The summed E-state index contributed by atoms with van der Waals surface area (Å²) < 4.78 is 16.3. The molecular formula is C22H37NO9. The second kappa shape index (κ2) is 13.9. The molecule has 184 valence electrons. The first-order chi connectivity index (χ1) is 15.5. The minimum Gasteiger partial charge on any atom is -0.487 e. The van der Waals surface area contributed by atoms with Crippen LogP contribution in [0.4, 0.5) is 5.69 Å². The largest absolute Gasteiger partial charge is 0.487 e. The highest BCUT2D eigenvalue weighted by Gasteiger charge is 2.46. The van der Waals surface area contributed by atoms with E-state index >= 15 is 0 Å². The molecule has 2 rings (SSSR count). The van der Waals surface area contributed by atoms with Crippen LogP contribution in [0.2, 0.25) is 0 Å². The predicted molar refractivity (Wildman–Crippen MR) is 117 cm³/mol. The van der Waals surface area contributed by atoms with E-state index in [2.05, 4.69) is 12.4 Å². The molecule has 0 radical (unpaired) electrons. The van der Waals surface area contributed by atoms with E-state index in [0.717, 1.165) is 19.3 Å². The summed E-state index contributed by atoms with van der Waals surface area (Å²) in [7, 11) is 0.